The molecule has 1 atom stereocenters. The average molecular weight is 434 g/mol. The zero-order valence-corrected chi connectivity index (χ0v) is 19.2. The number of hydrogen-bond acceptors (Lipinski definition) is 3. The third-order valence-electron chi connectivity index (χ3n) is 7.20. The SMILES string of the molecule is CCNC(=O)[C@]1(Cc2cccc(-c3ccncc3)c2)CCN(C(=O)CC2CCCCC2)C1. The molecule has 1 aromatic heterocycles. The van der Waals surface area contributed by atoms with Gasteiger partial charge >= 0.3 is 0 Å². The Balaban J connectivity index is 1.50. The zero-order valence-electron chi connectivity index (χ0n) is 19.2. The van der Waals surface area contributed by atoms with Crippen LogP contribution in [0.1, 0.15) is 57.4 Å². The standard InChI is InChI=1S/C27H35N3O2/c1-2-29-26(32)27(13-16-30(20-27)25(31)18-21-7-4-3-5-8-21)19-22-9-6-10-24(17-22)23-11-14-28-15-12-23/h6,9-12,14-15,17,21H,2-5,7-8,13,16,18-20H2,1H3,(H,29,32)/t27-/m0/s1. The van der Waals surface area contributed by atoms with Crippen LogP contribution in [0.2, 0.25) is 0 Å². The van der Waals surface area contributed by atoms with E-state index in [1.807, 2.05) is 24.0 Å². The van der Waals surface area contributed by atoms with Crippen LogP contribution in [0.5, 0.6) is 0 Å². The van der Waals surface area contributed by atoms with E-state index in [0.717, 1.165) is 16.7 Å². The summed E-state index contributed by atoms with van der Waals surface area (Å²) < 4.78 is 0. The van der Waals surface area contributed by atoms with Crippen molar-refractivity contribution >= 4 is 11.8 Å². The van der Waals surface area contributed by atoms with E-state index in [9.17, 15) is 9.59 Å². The third kappa shape index (κ3) is 5.20. The molecule has 4 rings (SSSR count). The van der Waals surface area contributed by atoms with Crippen molar-refractivity contribution in [3.63, 3.8) is 0 Å². The molecule has 1 saturated carbocycles. The summed E-state index contributed by atoms with van der Waals surface area (Å²) in [7, 11) is 0. The second kappa shape index (κ2) is 10.3. The first-order valence-electron chi connectivity index (χ1n) is 12.1. The Morgan fingerprint density at radius 2 is 1.88 bits per heavy atom. The number of amides is 2. The van der Waals surface area contributed by atoms with Crippen LogP contribution in [0.25, 0.3) is 11.1 Å². The van der Waals surface area contributed by atoms with E-state index >= 15 is 0 Å². The highest BCUT2D eigenvalue weighted by Crippen LogP contribution is 2.37. The number of nitrogens with zero attached hydrogens (tertiary/aromatic N) is 2. The molecule has 1 N–H and O–H groups in total. The largest absolute Gasteiger partial charge is 0.356 e. The number of likely N-dealkylation sites (tertiary alicyclic amines) is 1. The fourth-order valence-electron chi connectivity index (χ4n) is 5.41. The number of carbonyl (C=O) groups excluding carboxylic acids is 2. The molecule has 5 heteroatoms. The van der Waals surface area contributed by atoms with Crippen molar-refractivity contribution in [3.8, 4) is 11.1 Å². The van der Waals surface area contributed by atoms with Gasteiger partial charge in [-0.05, 0) is 67.3 Å². The summed E-state index contributed by atoms with van der Waals surface area (Å²) in [6.45, 7) is 3.75. The summed E-state index contributed by atoms with van der Waals surface area (Å²) in [6, 6.07) is 12.4. The van der Waals surface area contributed by atoms with Crippen LogP contribution in [-0.4, -0.2) is 41.3 Å². The minimum absolute atomic E-state index is 0.0716. The van der Waals surface area contributed by atoms with Gasteiger partial charge in [-0.1, -0.05) is 43.5 Å². The van der Waals surface area contributed by atoms with Crippen molar-refractivity contribution in [2.24, 2.45) is 11.3 Å². The van der Waals surface area contributed by atoms with Gasteiger partial charge in [0.05, 0.1) is 5.41 Å². The Morgan fingerprint density at radius 1 is 1.09 bits per heavy atom. The first kappa shape index (κ1) is 22.5. The average Bonchev–Trinajstić information content (AvgIpc) is 3.26. The van der Waals surface area contributed by atoms with Crippen molar-refractivity contribution in [1.29, 1.82) is 0 Å². The molecular weight excluding hydrogens is 398 g/mol. The minimum Gasteiger partial charge on any atom is -0.356 e. The predicted molar refractivity (Wildman–Crippen MR) is 127 cm³/mol. The summed E-state index contributed by atoms with van der Waals surface area (Å²) >= 11 is 0. The predicted octanol–water partition coefficient (Wildman–Crippen LogP) is 4.62. The third-order valence-corrected chi connectivity index (χ3v) is 7.20. The highest BCUT2D eigenvalue weighted by Gasteiger charge is 2.45. The molecule has 5 nitrogen and oxygen atoms in total. The second-order valence-electron chi connectivity index (χ2n) is 9.53. The monoisotopic (exact) mass is 433 g/mol. The lowest BCUT2D eigenvalue weighted by atomic mass is 9.79. The van der Waals surface area contributed by atoms with E-state index in [-0.39, 0.29) is 11.8 Å². The normalized spacial score (nSPS) is 21.5. The van der Waals surface area contributed by atoms with Crippen molar-refractivity contribution in [2.75, 3.05) is 19.6 Å². The van der Waals surface area contributed by atoms with Gasteiger partial charge in [0.2, 0.25) is 11.8 Å². The molecule has 0 spiro atoms. The Bertz CT molecular complexity index is 924. The fraction of sp³-hybridized carbons (Fsp3) is 0.519. The maximum Gasteiger partial charge on any atom is 0.228 e. The fourth-order valence-corrected chi connectivity index (χ4v) is 5.41. The Labute approximate surface area is 191 Å². The number of aromatic nitrogens is 1. The summed E-state index contributed by atoms with van der Waals surface area (Å²) in [4.78, 5) is 32.4. The van der Waals surface area contributed by atoms with Gasteiger partial charge in [0.15, 0.2) is 0 Å². The summed E-state index contributed by atoms with van der Waals surface area (Å²) in [5.74, 6) is 0.823. The Kier molecular flexibility index (Phi) is 7.23. The number of rotatable bonds is 7. The molecule has 2 amide bonds. The second-order valence-corrected chi connectivity index (χ2v) is 9.53. The van der Waals surface area contributed by atoms with Crippen LogP contribution in [0.3, 0.4) is 0 Å². The molecule has 0 radical (unpaired) electrons. The van der Waals surface area contributed by atoms with Gasteiger partial charge < -0.3 is 10.2 Å². The molecule has 1 saturated heterocycles. The molecule has 1 aliphatic heterocycles. The number of carbonyl (C=O) groups is 2. The quantitative estimate of drug-likeness (QED) is 0.693. The maximum absolute atomic E-state index is 13.2. The molecule has 32 heavy (non-hydrogen) atoms. The maximum atomic E-state index is 13.2. The smallest absolute Gasteiger partial charge is 0.228 e. The number of benzene rings is 1. The Hall–Kier alpha value is -2.69. The molecule has 2 heterocycles. The molecule has 2 fully saturated rings. The Morgan fingerprint density at radius 3 is 2.62 bits per heavy atom. The summed E-state index contributed by atoms with van der Waals surface area (Å²) in [5, 5.41) is 3.05. The molecule has 0 unspecified atom stereocenters. The van der Waals surface area contributed by atoms with Gasteiger partial charge in [0.25, 0.3) is 0 Å². The van der Waals surface area contributed by atoms with Crippen molar-refractivity contribution in [3.05, 3.63) is 54.4 Å². The molecule has 2 aliphatic rings. The van der Waals surface area contributed by atoms with Crippen molar-refractivity contribution in [1.82, 2.24) is 15.2 Å². The van der Waals surface area contributed by atoms with E-state index in [1.54, 1.807) is 12.4 Å². The van der Waals surface area contributed by atoms with Crippen molar-refractivity contribution < 1.29 is 9.59 Å². The van der Waals surface area contributed by atoms with E-state index in [4.69, 9.17) is 0 Å². The summed E-state index contributed by atoms with van der Waals surface area (Å²) in [5.41, 5.74) is 2.81. The zero-order chi connectivity index (χ0) is 22.4. The molecule has 170 valence electrons. The molecule has 1 aliphatic carbocycles. The molecule has 1 aromatic carbocycles. The van der Waals surface area contributed by atoms with Gasteiger partial charge in [-0.2, -0.15) is 0 Å². The van der Waals surface area contributed by atoms with Crippen LogP contribution in [-0.2, 0) is 16.0 Å². The number of nitrogens with one attached hydrogen (secondary N) is 1. The van der Waals surface area contributed by atoms with Gasteiger partial charge in [0, 0.05) is 38.4 Å². The molecule has 2 aromatic rings. The van der Waals surface area contributed by atoms with Gasteiger partial charge in [-0.15, -0.1) is 0 Å². The summed E-state index contributed by atoms with van der Waals surface area (Å²) in [6.07, 6.45) is 11.7. The topological polar surface area (TPSA) is 62.3 Å². The van der Waals surface area contributed by atoms with E-state index in [0.29, 0.717) is 44.8 Å². The lowest BCUT2D eigenvalue weighted by Gasteiger charge is -2.29. The number of hydrogen-bond donors (Lipinski definition) is 1. The first-order valence-corrected chi connectivity index (χ1v) is 12.1. The van der Waals surface area contributed by atoms with Crippen LogP contribution >= 0.6 is 0 Å². The minimum atomic E-state index is -0.560. The first-order chi connectivity index (χ1) is 15.6. The highest BCUT2D eigenvalue weighted by atomic mass is 16.2. The number of pyridine rings is 1. The molecule has 0 bridgehead atoms. The van der Waals surface area contributed by atoms with Crippen molar-refractivity contribution in [2.45, 2.75) is 58.3 Å². The van der Waals surface area contributed by atoms with Gasteiger partial charge in [-0.25, -0.2) is 0 Å². The van der Waals surface area contributed by atoms with Crippen LogP contribution < -0.4 is 5.32 Å². The van der Waals surface area contributed by atoms with E-state index in [2.05, 4.69) is 34.6 Å². The van der Waals surface area contributed by atoms with Gasteiger partial charge in [0.1, 0.15) is 0 Å². The van der Waals surface area contributed by atoms with Crippen LogP contribution in [0.15, 0.2) is 48.8 Å². The highest BCUT2D eigenvalue weighted by molar-refractivity contribution is 5.86. The van der Waals surface area contributed by atoms with E-state index < -0.39 is 5.41 Å². The van der Waals surface area contributed by atoms with E-state index in [1.165, 1.54) is 32.1 Å². The lowest BCUT2D eigenvalue weighted by molar-refractivity contribution is -0.134. The van der Waals surface area contributed by atoms with Gasteiger partial charge in [-0.3, -0.25) is 14.6 Å². The molecular formula is C27H35N3O2. The lowest BCUT2D eigenvalue weighted by Crippen LogP contribution is -2.45. The van der Waals surface area contributed by atoms with Crippen LogP contribution in [0, 0.1) is 11.3 Å². The van der Waals surface area contributed by atoms with Crippen LogP contribution in [0.4, 0.5) is 0 Å².